The predicted octanol–water partition coefficient (Wildman–Crippen LogP) is 3.50. The lowest BCUT2D eigenvalue weighted by Gasteiger charge is -2.16. The average molecular weight is 356 g/mol. The van der Waals surface area contributed by atoms with Gasteiger partial charge in [-0.25, -0.2) is 0 Å². The summed E-state index contributed by atoms with van der Waals surface area (Å²) in [7, 11) is 3.44. The van der Waals surface area contributed by atoms with Gasteiger partial charge in [0.1, 0.15) is 0 Å². The molecule has 0 aliphatic heterocycles. The summed E-state index contributed by atoms with van der Waals surface area (Å²) in [4.78, 5) is 28.3. The van der Waals surface area contributed by atoms with Gasteiger partial charge in [0.25, 0.3) is 11.8 Å². The minimum Gasteiger partial charge on any atom is -0.355 e. The first-order valence-corrected chi connectivity index (χ1v) is 9.47. The Morgan fingerprint density at radius 1 is 1.28 bits per heavy atom. The van der Waals surface area contributed by atoms with Crippen LogP contribution in [0.25, 0.3) is 0 Å². The number of benzene rings is 1. The molecule has 0 radical (unpaired) electrons. The highest BCUT2D eigenvalue weighted by Gasteiger charge is 2.22. The molecule has 1 heterocycles. The summed E-state index contributed by atoms with van der Waals surface area (Å²) >= 11 is 1.65. The van der Waals surface area contributed by atoms with Gasteiger partial charge < -0.3 is 10.2 Å². The van der Waals surface area contributed by atoms with Crippen LogP contribution < -0.4 is 5.32 Å². The maximum Gasteiger partial charge on any atom is 0.263 e. The van der Waals surface area contributed by atoms with Gasteiger partial charge >= 0.3 is 0 Å². The molecule has 0 spiro atoms. The van der Waals surface area contributed by atoms with Crippen LogP contribution in [-0.4, -0.2) is 30.8 Å². The van der Waals surface area contributed by atoms with Crippen molar-refractivity contribution in [3.63, 3.8) is 0 Å². The predicted molar refractivity (Wildman–Crippen MR) is 101 cm³/mol. The molecule has 4 nitrogen and oxygen atoms in total. The molecule has 0 bridgehead atoms. The van der Waals surface area contributed by atoms with E-state index in [1.165, 1.54) is 16.9 Å². The van der Waals surface area contributed by atoms with Crippen LogP contribution in [0.15, 0.2) is 30.3 Å². The van der Waals surface area contributed by atoms with Gasteiger partial charge in [-0.1, -0.05) is 19.1 Å². The Kier molecular flexibility index (Phi) is 5.23. The Morgan fingerprint density at radius 2 is 2.00 bits per heavy atom. The number of amides is 2. The zero-order chi connectivity index (χ0) is 18.0. The van der Waals surface area contributed by atoms with E-state index >= 15 is 0 Å². The number of nitrogens with one attached hydrogen (secondary N) is 1. The Hall–Kier alpha value is -2.14. The first kappa shape index (κ1) is 17.7. The van der Waals surface area contributed by atoms with Gasteiger partial charge in [-0.15, -0.1) is 11.3 Å². The average Bonchev–Trinajstić information content (AvgIpc) is 3.04. The summed E-state index contributed by atoms with van der Waals surface area (Å²) in [6, 6.07) is 9.46. The van der Waals surface area contributed by atoms with E-state index in [-0.39, 0.29) is 11.8 Å². The lowest BCUT2D eigenvalue weighted by molar-refractivity contribution is 0.0789. The van der Waals surface area contributed by atoms with Crippen molar-refractivity contribution in [1.29, 1.82) is 0 Å². The number of aryl methyl sites for hydroxylation is 1. The standard InChI is InChI=1S/C20H24N2O2S/c1-13-4-9-17-16(10-13)11-18(25-17)20(24)22(3)12-14-5-7-15(8-6-14)19(23)21-2/h5-8,11,13H,4,9-10,12H2,1-3H3,(H,21,23). The van der Waals surface area contributed by atoms with Gasteiger partial charge in [0.2, 0.25) is 0 Å². The molecule has 1 atom stereocenters. The molecule has 3 rings (SSSR count). The van der Waals surface area contributed by atoms with Crippen LogP contribution >= 0.6 is 11.3 Å². The largest absolute Gasteiger partial charge is 0.355 e. The van der Waals surface area contributed by atoms with Crippen LogP contribution in [-0.2, 0) is 19.4 Å². The number of fused-ring (bicyclic) bond motifs is 1. The Labute approximate surface area is 152 Å². The SMILES string of the molecule is CNC(=O)c1ccc(CN(C)C(=O)c2cc3c(s2)CCC(C)C3)cc1. The highest BCUT2D eigenvalue weighted by atomic mass is 32.1. The molecule has 0 fully saturated rings. The third-order valence-electron chi connectivity index (χ3n) is 4.75. The van der Waals surface area contributed by atoms with Crippen molar-refractivity contribution in [3.8, 4) is 0 Å². The quantitative estimate of drug-likeness (QED) is 0.911. The number of hydrogen-bond acceptors (Lipinski definition) is 3. The van der Waals surface area contributed by atoms with Crippen molar-refractivity contribution in [2.45, 2.75) is 32.7 Å². The van der Waals surface area contributed by atoms with Crippen molar-refractivity contribution in [3.05, 3.63) is 56.8 Å². The molecular formula is C20H24N2O2S. The zero-order valence-corrected chi connectivity index (χ0v) is 15.8. The molecule has 132 valence electrons. The Bertz CT molecular complexity index is 779. The molecule has 2 aromatic rings. The van der Waals surface area contributed by atoms with Gasteiger partial charge in [-0.05, 0) is 54.5 Å². The summed E-state index contributed by atoms with van der Waals surface area (Å²) in [6.07, 6.45) is 3.40. The van der Waals surface area contributed by atoms with Crippen LogP contribution in [0.2, 0.25) is 0 Å². The molecule has 1 aromatic heterocycles. The fourth-order valence-electron chi connectivity index (χ4n) is 3.25. The van der Waals surface area contributed by atoms with Gasteiger partial charge in [0.05, 0.1) is 4.88 Å². The molecule has 2 amide bonds. The van der Waals surface area contributed by atoms with E-state index in [0.717, 1.165) is 23.3 Å². The van der Waals surface area contributed by atoms with Crippen molar-refractivity contribution in [1.82, 2.24) is 10.2 Å². The molecule has 0 saturated heterocycles. The fourth-order valence-corrected chi connectivity index (χ4v) is 4.45. The molecular weight excluding hydrogens is 332 g/mol. The molecule has 25 heavy (non-hydrogen) atoms. The van der Waals surface area contributed by atoms with Crippen molar-refractivity contribution in [2.24, 2.45) is 5.92 Å². The lowest BCUT2D eigenvalue weighted by Crippen LogP contribution is -2.25. The third kappa shape index (κ3) is 3.93. The van der Waals surface area contributed by atoms with Gasteiger partial charge in [0.15, 0.2) is 0 Å². The number of hydrogen-bond donors (Lipinski definition) is 1. The minimum atomic E-state index is -0.102. The second kappa shape index (κ2) is 7.40. The van der Waals surface area contributed by atoms with Gasteiger partial charge in [-0.2, -0.15) is 0 Å². The number of carbonyl (C=O) groups excluding carboxylic acids is 2. The number of rotatable bonds is 4. The molecule has 5 heteroatoms. The number of nitrogens with zero attached hydrogens (tertiary/aromatic N) is 1. The molecule has 1 aromatic carbocycles. The maximum absolute atomic E-state index is 12.7. The van der Waals surface area contributed by atoms with Gasteiger partial charge in [0, 0.05) is 31.1 Å². The summed E-state index contributed by atoms with van der Waals surface area (Å²) < 4.78 is 0. The van der Waals surface area contributed by atoms with E-state index in [9.17, 15) is 9.59 Å². The normalized spacial score (nSPS) is 16.2. The second-order valence-electron chi connectivity index (χ2n) is 6.84. The Morgan fingerprint density at radius 3 is 2.68 bits per heavy atom. The van der Waals surface area contributed by atoms with E-state index in [1.54, 1.807) is 35.4 Å². The van der Waals surface area contributed by atoms with Crippen molar-refractivity contribution < 1.29 is 9.59 Å². The summed E-state index contributed by atoms with van der Waals surface area (Å²) in [5, 5.41) is 2.61. The zero-order valence-electron chi connectivity index (χ0n) is 15.0. The van der Waals surface area contributed by atoms with Crippen molar-refractivity contribution >= 4 is 23.2 Å². The smallest absolute Gasteiger partial charge is 0.263 e. The Balaban J connectivity index is 1.67. The van der Waals surface area contributed by atoms with Crippen LogP contribution in [0.1, 0.15) is 49.4 Å². The number of thiophene rings is 1. The van der Waals surface area contributed by atoms with Crippen LogP contribution in [0.4, 0.5) is 0 Å². The maximum atomic E-state index is 12.7. The first-order valence-electron chi connectivity index (χ1n) is 8.66. The molecule has 1 unspecified atom stereocenters. The van der Waals surface area contributed by atoms with Crippen LogP contribution in [0.3, 0.4) is 0 Å². The highest BCUT2D eigenvalue weighted by Crippen LogP contribution is 2.32. The second-order valence-corrected chi connectivity index (χ2v) is 7.98. The van der Waals surface area contributed by atoms with Gasteiger partial charge in [-0.3, -0.25) is 9.59 Å². The third-order valence-corrected chi connectivity index (χ3v) is 5.97. The van der Waals surface area contributed by atoms with Crippen LogP contribution in [0.5, 0.6) is 0 Å². The minimum absolute atomic E-state index is 0.0717. The molecule has 1 aliphatic rings. The topological polar surface area (TPSA) is 49.4 Å². The summed E-state index contributed by atoms with van der Waals surface area (Å²) in [6.45, 7) is 2.81. The highest BCUT2D eigenvalue weighted by molar-refractivity contribution is 7.14. The van der Waals surface area contributed by atoms with Crippen molar-refractivity contribution in [2.75, 3.05) is 14.1 Å². The van der Waals surface area contributed by atoms with E-state index < -0.39 is 0 Å². The van der Waals surface area contributed by atoms with E-state index in [1.807, 2.05) is 19.2 Å². The molecule has 1 N–H and O–H groups in total. The first-order chi connectivity index (χ1) is 12.0. The lowest BCUT2D eigenvalue weighted by atomic mass is 9.90. The molecule has 0 saturated carbocycles. The van der Waals surface area contributed by atoms with E-state index in [0.29, 0.717) is 18.0 Å². The summed E-state index contributed by atoms with van der Waals surface area (Å²) in [5.41, 5.74) is 2.99. The van der Waals surface area contributed by atoms with Crippen LogP contribution in [0, 0.1) is 5.92 Å². The fraction of sp³-hybridized carbons (Fsp3) is 0.400. The monoisotopic (exact) mass is 356 g/mol. The number of carbonyl (C=O) groups is 2. The molecule has 1 aliphatic carbocycles. The summed E-state index contributed by atoms with van der Waals surface area (Å²) in [5.74, 6) is 0.679. The van der Waals surface area contributed by atoms with E-state index in [4.69, 9.17) is 0 Å². The van der Waals surface area contributed by atoms with E-state index in [2.05, 4.69) is 18.3 Å².